The maximum absolute atomic E-state index is 12.3. The first-order chi connectivity index (χ1) is 11.1. The standard InChI is InChI=1S/C16H22N2O5/c1-22-11-23-13-8-6-12(7-9-13)15(19)17-14-5-3-2-4-10-18(14)16(20)21/h6-9,14H,2-5,10-11H2,1H3,(H,17,19)(H,20,21). The number of likely N-dealkylation sites (tertiary alicyclic amines) is 1. The number of nitrogens with zero attached hydrogens (tertiary/aromatic N) is 1. The highest BCUT2D eigenvalue weighted by atomic mass is 16.7. The molecule has 7 nitrogen and oxygen atoms in total. The Morgan fingerprint density at radius 2 is 2.00 bits per heavy atom. The fraction of sp³-hybridized carbons (Fsp3) is 0.500. The van der Waals surface area contributed by atoms with E-state index in [1.54, 1.807) is 24.3 Å². The molecule has 23 heavy (non-hydrogen) atoms. The molecule has 7 heteroatoms. The summed E-state index contributed by atoms with van der Waals surface area (Å²) in [5.74, 6) is 0.312. The maximum atomic E-state index is 12.3. The van der Waals surface area contributed by atoms with Crippen molar-refractivity contribution < 1.29 is 24.2 Å². The normalized spacial score (nSPS) is 18.1. The lowest BCUT2D eigenvalue weighted by molar-refractivity contribution is 0.0511. The molecule has 1 unspecified atom stereocenters. The van der Waals surface area contributed by atoms with Crippen LogP contribution in [0.5, 0.6) is 5.75 Å². The van der Waals surface area contributed by atoms with Crippen LogP contribution in [0.15, 0.2) is 24.3 Å². The second-order valence-electron chi connectivity index (χ2n) is 5.39. The number of carbonyl (C=O) groups is 2. The molecule has 126 valence electrons. The lowest BCUT2D eigenvalue weighted by Gasteiger charge is -2.28. The molecule has 1 aromatic rings. The van der Waals surface area contributed by atoms with E-state index < -0.39 is 12.3 Å². The van der Waals surface area contributed by atoms with Gasteiger partial charge in [-0.25, -0.2) is 4.79 Å². The molecule has 2 rings (SSSR count). The van der Waals surface area contributed by atoms with Gasteiger partial charge in [0.05, 0.1) is 0 Å². The van der Waals surface area contributed by atoms with Gasteiger partial charge < -0.3 is 19.9 Å². The predicted molar refractivity (Wildman–Crippen MR) is 83.4 cm³/mol. The molecule has 1 atom stereocenters. The summed E-state index contributed by atoms with van der Waals surface area (Å²) in [6, 6.07) is 6.64. The van der Waals surface area contributed by atoms with Crippen molar-refractivity contribution in [2.24, 2.45) is 0 Å². The number of ether oxygens (including phenoxy) is 2. The van der Waals surface area contributed by atoms with E-state index in [2.05, 4.69) is 5.32 Å². The third kappa shape index (κ3) is 4.85. The van der Waals surface area contributed by atoms with Gasteiger partial charge in [-0.2, -0.15) is 0 Å². The van der Waals surface area contributed by atoms with Gasteiger partial charge in [0.1, 0.15) is 11.9 Å². The predicted octanol–water partition coefficient (Wildman–Crippen LogP) is 2.28. The SMILES string of the molecule is COCOc1ccc(C(=O)NC2CCCCCN2C(=O)O)cc1. The number of methoxy groups -OCH3 is 1. The lowest BCUT2D eigenvalue weighted by Crippen LogP contribution is -2.50. The molecule has 1 aliphatic heterocycles. The van der Waals surface area contributed by atoms with Gasteiger partial charge in [-0.15, -0.1) is 0 Å². The lowest BCUT2D eigenvalue weighted by atomic mass is 10.1. The van der Waals surface area contributed by atoms with E-state index in [-0.39, 0.29) is 12.7 Å². The van der Waals surface area contributed by atoms with Gasteiger partial charge in [0.2, 0.25) is 0 Å². The molecule has 0 radical (unpaired) electrons. The van der Waals surface area contributed by atoms with Crippen molar-refractivity contribution in [1.82, 2.24) is 10.2 Å². The topological polar surface area (TPSA) is 88.1 Å². The Kier molecular flexibility index (Phi) is 6.22. The second-order valence-corrected chi connectivity index (χ2v) is 5.39. The van der Waals surface area contributed by atoms with E-state index in [1.807, 2.05) is 0 Å². The molecule has 0 aliphatic carbocycles. The van der Waals surface area contributed by atoms with Crippen LogP contribution in [0.2, 0.25) is 0 Å². The molecule has 1 fully saturated rings. The largest absolute Gasteiger partial charge is 0.468 e. The summed E-state index contributed by atoms with van der Waals surface area (Å²) < 4.78 is 10.1. The van der Waals surface area contributed by atoms with Crippen molar-refractivity contribution in [3.8, 4) is 5.75 Å². The Hall–Kier alpha value is -2.28. The molecule has 1 aliphatic rings. The van der Waals surface area contributed by atoms with Crippen LogP contribution < -0.4 is 10.1 Å². The average molecular weight is 322 g/mol. The molecular weight excluding hydrogens is 300 g/mol. The van der Waals surface area contributed by atoms with E-state index in [9.17, 15) is 14.7 Å². The summed E-state index contributed by atoms with van der Waals surface area (Å²) in [5.41, 5.74) is 0.462. The van der Waals surface area contributed by atoms with E-state index in [4.69, 9.17) is 9.47 Å². The number of rotatable bonds is 5. The average Bonchev–Trinajstić information content (AvgIpc) is 2.79. The molecule has 0 bridgehead atoms. The highest BCUT2D eigenvalue weighted by Gasteiger charge is 2.26. The van der Waals surface area contributed by atoms with Gasteiger partial charge in [0.15, 0.2) is 6.79 Å². The smallest absolute Gasteiger partial charge is 0.408 e. The third-order valence-electron chi connectivity index (χ3n) is 3.76. The number of benzene rings is 1. The van der Waals surface area contributed by atoms with Crippen LogP contribution in [-0.2, 0) is 4.74 Å². The first kappa shape index (κ1) is 17.1. The van der Waals surface area contributed by atoms with E-state index in [0.717, 1.165) is 19.3 Å². The zero-order valence-electron chi connectivity index (χ0n) is 13.2. The summed E-state index contributed by atoms with van der Waals surface area (Å²) in [7, 11) is 1.53. The number of carbonyl (C=O) groups excluding carboxylic acids is 1. The quantitative estimate of drug-likeness (QED) is 0.812. The van der Waals surface area contributed by atoms with Crippen molar-refractivity contribution in [3.05, 3.63) is 29.8 Å². The number of hydrogen-bond donors (Lipinski definition) is 2. The Labute approximate surface area is 135 Å². The Morgan fingerprint density at radius 1 is 1.26 bits per heavy atom. The van der Waals surface area contributed by atoms with E-state index >= 15 is 0 Å². The summed E-state index contributed by atoms with van der Waals surface area (Å²) in [6.45, 7) is 0.589. The zero-order chi connectivity index (χ0) is 16.7. The number of nitrogens with one attached hydrogen (secondary N) is 1. The highest BCUT2D eigenvalue weighted by Crippen LogP contribution is 2.17. The van der Waals surface area contributed by atoms with Crippen molar-refractivity contribution in [1.29, 1.82) is 0 Å². The second kappa shape index (κ2) is 8.38. The summed E-state index contributed by atoms with van der Waals surface area (Å²) in [6.07, 6.45) is 1.85. The minimum atomic E-state index is -1.000. The molecule has 1 aromatic carbocycles. The van der Waals surface area contributed by atoms with E-state index in [1.165, 1.54) is 12.0 Å². The maximum Gasteiger partial charge on any atom is 0.408 e. The summed E-state index contributed by atoms with van der Waals surface area (Å²) in [5, 5.41) is 12.1. The molecular formula is C16H22N2O5. The van der Waals surface area contributed by atoms with Crippen molar-refractivity contribution in [2.75, 3.05) is 20.4 Å². The van der Waals surface area contributed by atoms with Crippen molar-refractivity contribution in [2.45, 2.75) is 31.8 Å². The van der Waals surface area contributed by atoms with Crippen LogP contribution in [0.25, 0.3) is 0 Å². The third-order valence-corrected chi connectivity index (χ3v) is 3.76. The minimum Gasteiger partial charge on any atom is -0.468 e. The van der Waals surface area contributed by atoms with Crippen molar-refractivity contribution >= 4 is 12.0 Å². The number of hydrogen-bond acceptors (Lipinski definition) is 4. The Bertz CT molecular complexity index is 532. The van der Waals surface area contributed by atoms with Crippen LogP contribution in [0.3, 0.4) is 0 Å². The molecule has 0 saturated carbocycles. The minimum absolute atomic E-state index is 0.140. The molecule has 0 aromatic heterocycles. The number of amides is 2. The van der Waals surface area contributed by atoms with Crippen LogP contribution >= 0.6 is 0 Å². The Morgan fingerprint density at radius 3 is 2.65 bits per heavy atom. The van der Waals surface area contributed by atoms with Crippen molar-refractivity contribution in [3.63, 3.8) is 0 Å². The number of carboxylic acid groups (broad SMARTS) is 1. The van der Waals surface area contributed by atoms with Crippen LogP contribution in [0.1, 0.15) is 36.0 Å². The fourth-order valence-corrected chi connectivity index (χ4v) is 2.55. The Balaban J connectivity index is 2.00. The first-order valence-corrected chi connectivity index (χ1v) is 7.64. The monoisotopic (exact) mass is 322 g/mol. The van der Waals surface area contributed by atoms with Gasteiger partial charge in [-0.05, 0) is 43.5 Å². The zero-order valence-corrected chi connectivity index (χ0v) is 13.2. The molecule has 0 spiro atoms. The first-order valence-electron chi connectivity index (χ1n) is 7.64. The van der Waals surface area contributed by atoms with Gasteiger partial charge in [0.25, 0.3) is 5.91 Å². The van der Waals surface area contributed by atoms with Gasteiger partial charge in [-0.3, -0.25) is 9.69 Å². The van der Waals surface area contributed by atoms with Gasteiger partial charge in [-0.1, -0.05) is 6.42 Å². The van der Waals surface area contributed by atoms with Gasteiger partial charge >= 0.3 is 6.09 Å². The van der Waals surface area contributed by atoms with E-state index in [0.29, 0.717) is 24.3 Å². The molecule has 2 N–H and O–H groups in total. The molecule has 1 saturated heterocycles. The summed E-state index contributed by atoms with van der Waals surface area (Å²) >= 11 is 0. The summed E-state index contributed by atoms with van der Waals surface area (Å²) in [4.78, 5) is 25.0. The fourth-order valence-electron chi connectivity index (χ4n) is 2.55. The molecule has 1 heterocycles. The highest BCUT2D eigenvalue weighted by molar-refractivity contribution is 5.94. The van der Waals surface area contributed by atoms with Crippen LogP contribution in [0, 0.1) is 0 Å². The van der Waals surface area contributed by atoms with Crippen LogP contribution in [0.4, 0.5) is 4.79 Å². The van der Waals surface area contributed by atoms with Crippen LogP contribution in [-0.4, -0.2) is 48.6 Å². The van der Waals surface area contributed by atoms with Gasteiger partial charge in [0, 0.05) is 19.2 Å². The molecule has 2 amide bonds.